The number of aryl methyl sites for hydroxylation is 1. The molecule has 0 spiro atoms. The summed E-state index contributed by atoms with van der Waals surface area (Å²) in [6, 6.07) is 23.1. The Kier molecular flexibility index (Phi) is 6.69. The van der Waals surface area contributed by atoms with E-state index in [-0.39, 0.29) is 17.9 Å². The van der Waals surface area contributed by atoms with Crippen LogP contribution in [0.2, 0.25) is 0 Å². The van der Waals surface area contributed by atoms with Crippen molar-refractivity contribution in [3.05, 3.63) is 101 Å². The Labute approximate surface area is 194 Å². The van der Waals surface area contributed by atoms with Gasteiger partial charge in [-0.25, -0.2) is 0 Å². The predicted octanol–water partition coefficient (Wildman–Crippen LogP) is 5.05. The van der Waals surface area contributed by atoms with Crippen molar-refractivity contribution in [3.8, 4) is 0 Å². The van der Waals surface area contributed by atoms with Gasteiger partial charge in [-0.15, -0.1) is 0 Å². The fourth-order valence-corrected chi connectivity index (χ4v) is 3.41. The Bertz CT molecular complexity index is 1220. The van der Waals surface area contributed by atoms with Crippen molar-refractivity contribution in [1.82, 2.24) is 5.32 Å². The summed E-state index contributed by atoms with van der Waals surface area (Å²) < 4.78 is 0. The van der Waals surface area contributed by atoms with Crippen LogP contribution in [0.15, 0.2) is 78.9 Å². The molecule has 1 fully saturated rings. The van der Waals surface area contributed by atoms with Gasteiger partial charge in [-0.05, 0) is 60.7 Å². The van der Waals surface area contributed by atoms with Crippen molar-refractivity contribution in [2.45, 2.75) is 25.8 Å². The van der Waals surface area contributed by atoms with Crippen LogP contribution >= 0.6 is 0 Å². The van der Waals surface area contributed by atoms with E-state index in [0.717, 1.165) is 35.1 Å². The smallest absolute Gasteiger partial charge is 0.252 e. The molecule has 5 heteroatoms. The van der Waals surface area contributed by atoms with Crippen LogP contribution in [0.1, 0.15) is 35.1 Å². The molecule has 1 aliphatic rings. The van der Waals surface area contributed by atoms with E-state index in [0.29, 0.717) is 16.9 Å². The number of nitrogens with two attached hydrogens (primary N) is 1. The molecule has 1 aliphatic carbocycles. The molecule has 0 heterocycles. The molecule has 0 saturated heterocycles. The molecular formula is C28H27N3O2. The minimum Gasteiger partial charge on any atom is -0.397 e. The Morgan fingerprint density at radius 1 is 0.939 bits per heavy atom. The topological polar surface area (TPSA) is 84.2 Å². The highest BCUT2D eigenvalue weighted by Crippen LogP contribution is 2.24. The van der Waals surface area contributed by atoms with Gasteiger partial charge >= 0.3 is 0 Å². The summed E-state index contributed by atoms with van der Waals surface area (Å²) in [5.41, 5.74) is 11.4. The van der Waals surface area contributed by atoms with Crippen molar-refractivity contribution in [3.63, 3.8) is 0 Å². The number of hydrogen-bond acceptors (Lipinski definition) is 3. The van der Waals surface area contributed by atoms with E-state index in [1.807, 2.05) is 73.7 Å². The zero-order chi connectivity index (χ0) is 23.2. The average molecular weight is 438 g/mol. The lowest BCUT2D eigenvalue weighted by Gasteiger charge is -2.10. The lowest BCUT2D eigenvalue weighted by atomic mass is 9.99. The van der Waals surface area contributed by atoms with E-state index in [1.165, 1.54) is 6.08 Å². The Morgan fingerprint density at radius 2 is 1.67 bits per heavy atom. The third kappa shape index (κ3) is 6.20. The van der Waals surface area contributed by atoms with Crippen LogP contribution < -0.4 is 16.4 Å². The van der Waals surface area contributed by atoms with Gasteiger partial charge in [-0.3, -0.25) is 9.59 Å². The van der Waals surface area contributed by atoms with E-state index in [1.54, 1.807) is 18.2 Å². The number of nitrogen functional groups attached to an aromatic ring is 1. The Balaban J connectivity index is 1.49. The molecule has 2 amide bonds. The van der Waals surface area contributed by atoms with Crippen LogP contribution in [0, 0.1) is 6.92 Å². The van der Waals surface area contributed by atoms with Crippen molar-refractivity contribution in [1.29, 1.82) is 0 Å². The van der Waals surface area contributed by atoms with Crippen molar-refractivity contribution in [2.75, 3.05) is 11.1 Å². The number of hydrogen-bond donors (Lipinski definition) is 3. The summed E-state index contributed by atoms with van der Waals surface area (Å²) >= 11 is 0. The van der Waals surface area contributed by atoms with Crippen LogP contribution in [0.5, 0.6) is 0 Å². The van der Waals surface area contributed by atoms with Gasteiger partial charge in [-0.1, -0.05) is 66.2 Å². The molecule has 0 radical (unpaired) electrons. The zero-order valence-corrected chi connectivity index (χ0v) is 18.5. The molecule has 0 atom stereocenters. The standard InChI is InChI=1S/C28H27N3O2/c1-19-5-4-6-22(17-19)24(28(33)30-23-14-15-23)18-21-11-9-20(10-12-21)13-16-27(32)31-26-8-3-2-7-25(26)29/h2-13,16-18,23H,14-15,29H2,1H3,(H,30,33)(H,31,32)/b16-13+,24-18+. The van der Waals surface area contributed by atoms with Crippen LogP contribution in [0.25, 0.3) is 17.7 Å². The van der Waals surface area contributed by atoms with Gasteiger partial charge in [0, 0.05) is 17.7 Å². The summed E-state index contributed by atoms with van der Waals surface area (Å²) in [6.45, 7) is 2.02. The van der Waals surface area contributed by atoms with Crippen LogP contribution in [-0.2, 0) is 9.59 Å². The lowest BCUT2D eigenvalue weighted by molar-refractivity contribution is -0.115. The van der Waals surface area contributed by atoms with E-state index < -0.39 is 0 Å². The van der Waals surface area contributed by atoms with Gasteiger partial charge in [0.15, 0.2) is 0 Å². The van der Waals surface area contributed by atoms with E-state index in [2.05, 4.69) is 10.6 Å². The van der Waals surface area contributed by atoms with Gasteiger partial charge in [0.1, 0.15) is 0 Å². The first kappa shape index (κ1) is 22.1. The molecule has 1 saturated carbocycles. The number of amides is 2. The molecular weight excluding hydrogens is 410 g/mol. The van der Waals surface area contributed by atoms with Gasteiger partial charge in [0.05, 0.1) is 11.4 Å². The first-order valence-corrected chi connectivity index (χ1v) is 11.0. The maximum Gasteiger partial charge on any atom is 0.252 e. The monoisotopic (exact) mass is 437 g/mol. The van der Waals surface area contributed by atoms with Gasteiger partial charge < -0.3 is 16.4 Å². The second-order valence-electron chi connectivity index (χ2n) is 8.25. The van der Waals surface area contributed by atoms with Gasteiger partial charge in [0.25, 0.3) is 5.91 Å². The molecule has 0 unspecified atom stereocenters. The molecule has 4 N–H and O–H groups in total. The SMILES string of the molecule is Cc1cccc(/C(=C\c2ccc(/C=C/C(=O)Nc3ccccc3N)cc2)C(=O)NC2CC2)c1. The van der Waals surface area contributed by atoms with Crippen LogP contribution in [-0.4, -0.2) is 17.9 Å². The normalized spacial score (nSPS) is 13.7. The van der Waals surface area contributed by atoms with Crippen molar-refractivity contribution in [2.24, 2.45) is 0 Å². The summed E-state index contributed by atoms with van der Waals surface area (Å²) in [4.78, 5) is 25.1. The average Bonchev–Trinajstić information content (AvgIpc) is 3.62. The highest BCUT2D eigenvalue weighted by molar-refractivity contribution is 6.24. The number of nitrogens with one attached hydrogen (secondary N) is 2. The van der Waals surface area contributed by atoms with Gasteiger partial charge in [-0.2, -0.15) is 0 Å². The highest BCUT2D eigenvalue weighted by Gasteiger charge is 2.25. The molecule has 0 bridgehead atoms. The first-order chi connectivity index (χ1) is 16.0. The summed E-state index contributed by atoms with van der Waals surface area (Å²) in [7, 11) is 0. The lowest BCUT2D eigenvalue weighted by Crippen LogP contribution is -2.26. The maximum atomic E-state index is 12.9. The van der Waals surface area contributed by atoms with Gasteiger partial charge in [0.2, 0.25) is 5.91 Å². The highest BCUT2D eigenvalue weighted by atomic mass is 16.2. The number of benzene rings is 3. The van der Waals surface area contributed by atoms with E-state index in [4.69, 9.17) is 5.73 Å². The molecule has 0 aliphatic heterocycles. The molecule has 5 nitrogen and oxygen atoms in total. The molecule has 3 aromatic carbocycles. The second-order valence-corrected chi connectivity index (χ2v) is 8.25. The van der Waals surface area contributed by atoms with E-state index >= 15 is 0 Å². The first-order valence-electron chi connectivity index (χ1n) is 11.0. The third-order valence-electron chi connectivity index (χ3n) is 5.38. The molecule has 33 heavy (non-hydrogen) atoms. The Hall–Kier alpha value is -4.12. The maximum absolute atomic E-state index is 12.9. The molecule has 166 valence electrons. The fraction of sp³-hybridized carbons (Fsp3) is 0.143. The number of carbonyl (C=O) groups is 2. The van der Waals surface area contributed by atoms with Crippen molar-refractivity contribution < 1.29 is 9.59 Å². The summed E-state index contributed by atoms with van der Waals surface area (Å²) in [6.07, 6.45) is 7.20. The largest absolute Gasteiger partial charge is 0.397 e. The van der Waals surface area contributed by atoms with E-state index in [9.17, 15) is 9.59 Å². The van der Waals surface area contributed by atoms with Crippen LogP contribution in [0.4, 0.5) is 11.4 Å². The molecule has 4 rings (SSSR count). The number of para-hydroxylation sites is 2. The number of carbonyl (C=O) groups excluding carboxylic acids is 2. The van der Waals surface area contributed by atoms with Crippen LogP contribution in [0.3, 0.4) is 0 Å². The number of anilines is 2. The minimum absolute atomic E-state index is 0.0519. The zero-order valence-electron chi connectivity index (χ0n) is 18.5. The molecule has 3 aromatic rings. The van der Waals surface area contributed by atoms with Crippen molar-refractivity contribution >= 4 is 40.9 Å². The second kappa shape index (κ2) is 10.0. The summed E-state index contributed by atoms with van der Waals surface area (Å²) in [5, 5.41) is 5.86. The predicted molar refractivity (Wildman–Crippen MR) is 135 cm³/mol. The number of rotatable bonds is 7. The Morgan fingerprint density at radius 3 is 2.36 bits per heavy atom. The minimum atomic E-state index is -0.254. The quantitative estimate of drug-likeness (QED) is 0.275. The fourth-order valence-electron chi connectivity index (χ4n) is 3.41. The third-order valence-corrected chi connectivity index (χ3v) is 5.38. The molecule has 0 aromatic heterocycles. The summed E-state index contributed by atoms with van der Waals surface area (Å²) in [5.74, 6) is -0.306.